The number of carbonyl (C=O) groups is 1. The average Bonchev–Trinajstić information content (AvgIpc) is 2.80. The van der Waals surface area contributed by atoms with Crippen LogP contribution in [-0.2, 0) is 11.3 Å². The Balaban J connectivity index is 1.78. The summed E-state index contributed by atoms with van der Waals surface area (Å²) in [5.41, 5.74) is 5.71. The Bertz CT molecular complexity index is 439. The molecule has 1 aliphatic heterocycles. The first kappa shape index (κ1) is 16.5. The Kier molecular flexibility index (Phi) is 5.79. The second-order valence-corrected chi connectivity index (χ2v) is 7.61. The molecule has 0 saturated carbocycles. The number of carbonyl (C=O) groups excluding carboxylic acids is 1. The number of rotatable bonds is 5. The number of amides is 1. The van der Waals surface area contributed by atoms with Gasteiger partial charge in [0.15, 0.2) is 0 Å². The van der Waals surface area contributed by atoms with Gasteiger partial charge in [-0.05, 0) is 38.1 Å². The maximum absolute atomic E-state index is 12.3. The zero-order valence-electron chi connectivity index (χ0n) is 13.2. The molecule has 118 valence electrons. The molecule has 2 heterocycles. The Hall–Kier alpha value is -0.910. The Morgan fingerprint density at radius 2 is 2.14 bits per heavy atom. The van der Waals surface area contributed by atoms with E-state index in [1.165, 1.54) is 4.88 Å². The van der Waals surface area contributed by atoms with Gasteiger partial charge in [-0.15, -0.1) is 11.3 Å². The summed E-state index contributed by atoms with van der Waals surface area (Å²) in [4.78, 5) is 18.1. The topological polar surface area (TPSA) is 49.6 Å². The molecule has 1 amide bonds. The normalized spacial score (nSPS) is 17.8. The molecule has 0 atom stereocenters. The smallest absolute Gasteiger partial charge is 0.222 e. The molecule has 0 bridgehead atoms. The average molecular weight is 309 g/mol. The van der Waals surface area contributed by atoms with Crippen molar-refractivity contribution in [2.75, 3.05) is 26.2 Å². The van der Waals surface area contributed by atoms with Gasteiger partial charge in [-0.3, -0.25) is 9.69 Å². The van der Waals surface area contributed by atoms with Gasteiger partial charge in [-0.1, -0.05) is 6.07 Å². The van der Waals surface area contributed by atoms with E-state index >= 15 is 0 Å². The van der Waals surface area contributed by atoms with Crippen molar-refractivity contribution >= 4 is 17.2 Å². The second kappa shape index (κ2) is 7.38. The molecule has 0 aromatic carbocycles. The summed E-state index contributed by atoms with van der Waals surface area (Å²) in [6.07, 6.45) is 2.37. The maximum Gasteiger partial charge on any atom is 0.222 e. The lowest BCUT2D eigenvalue weighted by atomic mass is 10.00. The molecule has 4 nitrogen and oxygen atoms in total. The summed E-state index contributed by atoms with van der Waals surface area (Å²) < 4.78 is 0. The number of thiophene rings is 1. The quantitative estimate of drug-likeness (QED) is 0.908. The van der Waals surface area contributed by atoms with Gasteiger partial charge in [0.05, 0.1) is 0 Å². The highest BCUT2D eigenvalue weighted by molar-refractivity contribution is 7.09. The number of hydrogen-bond acceptors (Lipinski definition) is 4. The third-order valence-electron chi connectivity index (χ3n) is 3.88. The van der Waals surface area contributed by atoms with Crippen LogP contribution in [0.5, 0.6) is 0 Å². The summed E-state index contributed by atoms with van der Waals surface area (Å²) in [6, 6.07) is 4.28. The fourth-order valence-electron chi connectivity index (χ4n) is 2.59. The van der Waals surface area contributed by atoms with Crippen molar-refractivity contribution in [3.05, 3.63) is 22.4 Å². The molecule has 1 aromatic heterocycles. The Labute approximate surface area is 131 Å². The molecule has 5 heteroatoms. The minimum Gasteiger partial charge on any atom is -0.341 e. The summed E-state index contributed by atoms with van der Waals surface area (Å²) in [6.45, 7) is 8.73. The standard InChI is InChI=1S/C16H27N3OS/c1-16(2,17)7-6-15(20)19-9-4-8-18(10-11-19)13-14-5-3-12-21-14/h3,5,12H,4,6-11,13,17H2,1-2H3. The number of nitrogens with two attached hydrogens (primary N) is 1. The van der Waals surface area contributed by atoms with Crippen LogP contribution in [0.2, 0.25) is 0 Å². The Morgan fingerprint density at radius 3 is 2.81 bits per heavy atom. The summed E-state index contributed by atoms with van der Waals surface area (Å²) in [7, 11) is 0. The molecule has 0 unspecified atom stereocenters. The molecule has 0 spiro atoms. The van der Waals surface area contributed by atoms with Gasteiger partial charge in [0, 0.05) is 49.6 Å². The van der Waals surface area contributed by atoms with Crippen molar-refractivity contribution in [1.82, 2.24) is 9.80 Å². The van der Waals surface area contributed by atoms with Crippen molar-refractivity contribution in [1.29, 1.82) is 0 Å². The predicted molar refractivity (Wildman–Crippen MR) is 88.3 cm³/mol. The summed E-state index contributed by atoms with van der Waals surface area (Å²) in [5.74, 6) is 0.256. The van der Waals surface area contributed by atoms with Gasteiger partial charge >= 0.3 is 0 Å². The fraction of sp³-hybridized carbons (Fsp3) is 0.688. The van der Waals surface area contributed by atoms with E-state index in [0.717, 1.165) is 45.6 Å². The lowest BCUT2D eigenvalue weighted by Gasteiger charge is -2.24. The SMILES string of the molecule is CC(C)(N)CCC(=O)N1CCCN(Cc2cccs2)CC1. The van der Waals surface area contributed by atoms with Crippen LogP contribution in [0.3, 0.4) is 0 Å². The fourth-order valence-corrected chi connectivity index (χ4v) is 3.33. The lowest BCUT2D eigenvalue weighted by molar-refractivity contribution is -0.131. The van der Waals surface area contributed by atoms with E-state index in [4.69, 9.17) is 5.73 Å². The summed E-state index contributed by atoms with van der Waals surface area (Å²) in [5, 5.41) is 2.12. The van der Waals surface area contributed by atoms with Crippen molar-refractivity contribution in [2.45, 2.75) is 45.2 Å². The van der Waals surface area contributed by atoms with Crippen molar-refractivity contribution < 1.29 is 4.79 Å². The van der Waals surface area contributed by atoms with Crippen LogP contribution in [-0.4, -0.2) is 47.4 Å². The van der Waals surface area contributed by atoms with Crippen LogP contribution in [0.4, 0.5) is 0 Å². The highest BCUT2D eigenvalue weighted by atomic mass is 32.1. The van der Waals surface area contributed by atoms with E-state index < -0.39 is 0 Å². The van der Waals surface area contributed by atoms with Gasteiger partial charge in [-0.25, -0.2) is 0 Å². The van der Waals surface area contributed by atoms with E-state index in [0.29, 0.717) is 6.42 Å². The van der Waals surface area contributed by atoms with Crippen molar-refractivity contribution in [3.63, 3.8) is 0 Å². The molecule has 0 radical (unpaired) electrons. The Morgan fingerprint density at radius 1 is 1.33 bits per heavy atom. The molecule has 1 aliphatic rings. The van der Waals surface area contributed by atoms with Crippen molar-refractivity contribution in [3.8, 4) is 0 Å². The largest absolute Gasteiger partial charge is 0.341 e. The number of nitrogens with zero attached hydrogens (tertiary/aromatic N) is 2. The first-order valence-electron chi connectivity index (χ1n) is 7.75. The minimum atomic E-state index is -0.257. The molecule has 21 heavy (non-hydrogen) atoms. The van der Waals surface area contributed by atoms with Gasteiger partial charge in [0.25, 0.3) is 0 Å². The van der Waals surface area contributed by atoms with E-state index in [1.807, 2.05) is 18.7 Å². The second-order valence-electron chi connectivity index (χ2n) is 6.58. The van der Waals surface area contributed by atoms with Gasteiger partial charge in [0.1, 0.15) is 0 Å². The first-order valence-corrected chi connectivity index (χ1v) is 8.63. The summed E-state index contributed by atoms with van der Waals surface area (Å²) >= 11 is 1.81. The molecule has 2 N–H and O–H groups in total. The molecule has 1 aromatic rings. The van der Waals surface area contributed by atoms with Crippen LogP contribution in [0.25, 0.3) is 0 Å². The van der Waals surface area contributed by atoms with Crippen LogP contribution >= 0.6 is 11.3 Å². The lowest BCUT2D eigenvalue weighted by Crippen LogP contribution is -2.38. The van der Waals surface area contributed by atoms with Crippen LogP contribution in [0.1, 0.15) is 38.0 Å². The highest BCUT2D eigenvalue weighted by Crippen LogP contribution is 2.15. The molecular weight excluding hydrogens is 282 g/mol. The van der Waals surface area contributed by atoms with E-state index in [2.05, 4.69) is 22.4 Å². The molecule has 1 saturated heterocycles. The molecule has 0 aliphatic carbocycles. The number of hydrogen-bond donors (Lipinski definition) is 1. The minimum absolute atomic E-state index is 0.256. The maximum atomic E-state index is 12.3. The van der Waals surface area contributed by atoms with Crippen LogP contribution < -0.4 is 5.73 Å². The van der Waals surface area contributed by atoms with Crippen molar-refractivity contribution in [2.24, 2.45) is 5.73 Å². The first-order chi connectivity index (χ1) is 9.94. The van der Waals surface area contributed by atoms with E-state index in [-0.39, 0.29) is 11.4 Å². The monoisotopic (exact) mass is 309 g/mol. The third kappa shape index (κ3) is 5.77. The zero-order valence-corrected chi connectivity index (χ0v) is 14.0. The van der Waals surface area contributed by atoms with Crippen LogP contribution in [0.15, 0.2) is 17.5 Å². The van der Waals surface area contributed by atoms with E-state index in [1.54, 1.807) is 11.3 Å². The van der Waals surface area contributed by atoms with Crippen LogP contribution in [0, 0.1) is 0 Å². The molecule has 2 rings (SSSR count). The predicted octanol–water partition coefficient (Wildman–Crippen LogP) is 2.30. The highest BCUT2D eigenvalue weighted by Gasteiger charge is 2.21. The van der Waals surface area contributed by atoms with Gasteiger partial charge < -0.3 is 10.6 Å². The third-order valence-corrected chi connectivity index (χ3v) is 4.75. The van der Waals surface area contributed by atoms with Gasteiger partial charge in [0.2, 0.25) is 5.91 Å². The van der Waals surface area contributed by atoms with Gasteiger partial charge in [-0.2, -0.15) is 0 Å². The van der Waals surface area contributed by atoms with E-state index in [9.17, 15) is 4.79 Å². The molecular formula is C16H27N3OS. The molecule has 1 fully saturated rings. The zero-order chi connectivity index (χ0) is 15.3.